The van der Waals surface area contributed by atoms with Gasteiger partial charge in [0, 0.05) is 32.4 Å². The van der Waals surface area contributed by atoms with E-state index in [9.17, 15) is 35.9 Å². The zero-order valence-corrected chi connectivity index (χ0v) is 15.5. The zero-order valence-electron chi connectivity index (χ0n) is 15.5. The van der Waals surface area contributed by atoms with E-state index in [4.69, 9.17) is 5.11 Å². The molecule has 0 radical (unpaired) electrons. The van der Waals surface area contributed by atoms with Crippen LogP contribution in [0.3, 0.4) is 0 Å². The van der Waals surface area contributed by atoms with Crippen LogP contribution >= 0.6 is 0 Å². The Morgan fingerprint density at radius 2 is 1.52 bits per heavy atom. The summed E-state index contributed by atoms with van der Waals surface area (Å²) in [7, 11) is 0. The van der Waals surface area contributed by atoms with Gasteiger partial charge in [0.2, 0.25) is 5.95 Å². The highest BCUT2D eigenvalue weighted by Crippen LogP contribution is 2.33. The van der Waals surface area contributed by atoms with Gasteiger partial charge < -0.3 is 14.9 Å². The summed E-state index contributed by atoms with van der Waals surface area (Å²) in [6.45, 7) is -0.278. The van der Waals surface area contributed by atoms with Crippen LogP contribution in [0.2, 0.25) is 0 Å². The molecule has 13 heteroatoms. The monoisotopic (exact) mass is 448 g/mol. The van der Waals surface area contributed by atoms with Crippen LogP contribution in [0.15, 0.2) is 30.5 Å². The van der Waals surface area contributed by atoms with E-state index in [0.717, 1.165) is 23.1 Å². The number of carbonyl (C=O) groups excluding carboxylic acids is 1. The van der Waals surface area contributed by atoms with Crippen LogP contribution in [-0.4, -0.2) is 58.0 Å². The van der Waals surface area contributed by atoms with E-state index in [2.05, 4.69) is 9.97 Å². The maximum atomic E-state index is 13.2. The largest absolute Gasteiger partial charge is 0.478 e. The lowest BCUT2D eigenvalue weighted by Crippen LogP contribution is -2.49. The Morgan fingerprint density at radius 1 is 0.903 bits per heavy atom. The summed E-state index contributed by atoms with van der Waals surface area (Å²) in [6, 6.07) is 4.31. The van der Waals surface area contributed by atoms with Gasteiger partial charge in [0.1, 0.15) is 5.56 Å². The van der Waals surface area contributed by atoms with Crippen molar-refractivity contribution in [2.75, 3.05) is 31.1 Å². The van der Waals surface area contributed by atoms with Crippen molar-refractivity contribution >= 4 is 17.8 Å². The standard InChI is InChI=1S/C18H14F6N4O3/c19-17(20,21)12-4-2-1-3-10(12)14(29)27-5-7-28(8-6-27)16-25-9-11(15(30)31)13(26-16)18(22,23)24/h1-4,9H,5-8H2,(H,30,31). The van der Waals surface area contributed by atoms with Gasteiger partial charge in [-0.3, -0.25) is 4.79 Å². The number of amides is 1. The Bertz CT molecular complexity index is 1000. The number of carboxylic acid groups (broad SMARTS) is 1. The van der Waals surface area contributed by atoms with E-state index in [0.29, 0.717) is 6.20 Å². The third-order valence-corrected chi connectivity index (χ3v) is 4.59. The van der Waals surface area contributed by atoms with Gasteiger partial charge in [-0.2, -0.15) is 26.3 Å². The lowest BCUT2D eigenvalue weighted by molar-refractivity contribution is -0.141. The van der Waals surface area contributed by atoms with Crippen molar-refractivity contribution in [3.8, 4) is 0 Å². The third kappa shape index (κ3) is 4.70. The fourth-order valence-electron chi connectivity index (χ4n) is 3.09. The van der Waals surface area contributed by atoms with E-state index in [1.807, 2.05) is 0 Å². The molecule has 1 fully saturated rings. The van der Waals surface area contributed by atoms with Gasteiger partial charge in [-0.15, -0.1) is 0 Å². The van der Waals surface area contributed by atoms with Gasteiger partial charge >= 0.3 is 18.3 Å². The fraction of sp³-hybridized carbons (Fsp3) is 0.333. The van der Waals surface area contributed by atoms with Gasteiger partial charge in [-0.1, -0.05) is 12.1 Å². The topological polar surface area (TPSA) is 86.6 Å². The SMILES string of the molecule is O=C(O)c1cnc(N2CCN(C(=O)c3ccccc3C(F)(F)F)CC2)nc1C(F)(F)F. The van der Waals surface area contributed by atoms with Crippen LogP contribution in [0.1, 0.15) is 32.0 Å². The van der Waals surface area contributed by atoms with E-state index >= 15 is 0 Å². The molecule has 3 rings (SSSR count). The predicted molar refractivity (Wildman–Crippen MR) is 93.6 cm³/mol. The molecule has 166 valence electrons. The van der Waals surface area contributed by atoms with Gasteiger partial charge in [0.25, 0.3) is 5.91 Å². The van der Waals surface area contributed by atoms with Crippen molar-refractivity contribution in [1.82, 2.24) is 14.9 Å². The summed E-state index contributed by atoms with van der Waals surface area (Å²) in [4.78, 5) is 33.0. The number of rotatable bonds is 3. The second-order valence-electron chi connectivity index (χ2n) is 6.56. The number of piperazine rings is 1. The summed E-state index contributed by atoms with van der Waals surface area (Å²) in [5.74, 6) is -3.08. The van der Waals surface area contributed by atoms with Crippen molar-refractivity contribution in [2.24, 2.45) is 0 Å². The second kappa shape index (κ2) is 8.04. The first-order valence-electron chi connectivity index (χ1n) is 8.77. The summed E-state index contributed by atoms with van der Waals surface area (Å²) >= 11 is 0. The lowest BCUT2D eigenvalue weighted by Gasteiger charge is -2.35. The van der Waals surface area contributed by atoms with Crippen molar-refractivity contribution in [3.05, 3.63) is 52.8 Å². The minimum atomic E-state index is -5.02. The number of halogens is 6. The number of nitrogens with zero attached hydrogens (tertiary/aromatic N) is 4. The van der Waals surface area contributed by atoms with Crippen LogP contribution in [0.5, 0.6) is 0 Å². The highest BCUT2D eigenvalue weighted by molar-refractivity contribution is 5.96. The number of hydrogen-bond donors (Lipinski definition) is 1. The summed E-state index contributed by atoms with van der Waals surface area (Å²) in [5.41, 5.74) is -4.31. The van der Waals surface area contributed by atoms with E-state index < -0.39 is 46.6 Å². The normalized spacial score (nSPS) is 15.2. The van der Waals surface area contributed by atoms with Crippen LogP contribution < -0.4 is 4.90 Å². The van der Waals surface area contributed by atoms with Gasteiger partial charge in [0.15, 0.2) is 5.69 Å². The molecule has 0 spiro atoms. The maximum Gasteiger partial charge on any atom is 0.434 e. The van der Waals surface area contributed by atoms with Crippen LogP contribution in [0, 0.1) is 0 Å². The zero-order chi connectivity index (χ0) is 23.0. The smallest absolute Gasteiger partial charge is 0.434 e. The number of carboxylic acids is 1. The average molecular weight is 448 g/mol. The Kier molecular flexibility index (Phi) is 5.79. The molecule has 1 N–H and O–H groups in total. The van der Waals surface area contributed by atoms with Crippen LogP contribution in [0.25, 0.3) is 0 Å². The highest BCUT2D eigenvalue weighted by Gasteiger charge is 2.39. The third-order valence-electron chi connectivity index (χ3n) is 4.59. The Balaban J connectivity index is 1.78. The Morgan fingerprint density at radius 3 is 2.06 bits per heavy atom. The van der Waals surface area contributed by atoms with E-state index in [1.165, 1.54) is 11.0 Å². The molecular formula is C18H14F6N4O3. The molecular weight excluding hydrogens is 434 g/mol. The number of alkyl halides is 6. The van der Waals surface area contributed by atoms with Crippen molar-refractivity contribution in [1.29, 1.82) is 0 Å². The predicted octanol–water partition coefficient (Wildman–Crippen LogP) is 3.17. The van der Waals surface area contributed by atoms with E-state index in [1.54, 1.807) is 0 Å². The number of hydrogen-bond acceptors (Lipinski definition) is 5. The number of carbonyl (C=O) groups is 2. The number of benzene rings is 1. The molecule has 1 aliphatic heterocycles. The molecule has 1 amide bonds. The minimum absolute atomic E-state index is 0.0519. The minimum Gasteiger partial charge on any atom is -0.478 e. The average Bonchev–Trinajstić information content (AvgIpc) is 2.71. The van der Waals surface area contributed by atoms with Crippen molar-refractivity contribution in [3.63, 3.8) is 0 Å². The van der Waals surface area contributed by atoms with Crippen molar-refractivity contribution in [2.45, 2.75) is 12.4 Å². The summed E-state index contributed by atoms with van der Waals surface area (Å²) in [5, 5.41) is 8.90. The van der Waals surface area contributed by atoms with E-state index in [-0.39, 0.29) is 32.1 Å². The molecule has 2 heterocycles. The lowest BCUT2D eigenvalue weighted by atomic mass is 10.1. The first-order chi connectivity index (χ1) is 14.4. The number of aromatic nitrogens is 2. The first kappa shape index (κ1) is 22.3. The molecule has 31 heavy (non-hydrogen) atoms. The molecule has 0 saturated carbocycles. The number of anilines is 1. The summed E-state index contributed by atoms with van der Waals surface area (Å²) in [6.07, 6.45) is -9.20. The molecule has 1 aromatic heterocycles. The van der Waals surface area contributed by atoms with Gasteiger partial charge in [0.05, 0.1) is 11.1 Å². The quantitative estimate of drug-likeness (QED) is 0.726. The Hall–Kier alpha value is -3.38. The molecule has 0 aliphatic carbocycles. The highest BCUT2D eigenvalue weighted by atomic mass is 19.4. The molecule has 1 aromatic carbocycles. The van der Waals surface area contributed by atoms with Gasteiger partial charge in [-0.05, 0) is 12.1 Å². The molecule has 7 nitrogen and oxygen atoms in total. The van der Waals surface area contributed by atoms with Crippen LogP contribution in [-0.2, 0) is 12.4 Å². The molecule has 1 aliphatic rings. The molecule has 0 bridgehead atoms. The number of aromatic carboxylic acids is 1. The van der Waals surface area contributed by atoms with Crippen LogP contribution in [0.4, 0.5) is 32.3 Å². The van der Waals surface area contributed by atoms with Crippen molar-refractivity contribution < 1.29 is 41.0 Å². The molecule has 0 atom stereocenters. The Labute approximate surface area is 170 Å². The molecule has 1 saturated heterocycles. The molecule has 2 aromatic rings. The fourth-order valence-corrected chi connectivity index (χ4v) is 3.09. The first-order valence-corrected chi connectivity index (χ1v) is 8.77. The summed E-state index contributed by atoms with van der Waals surface area (Å²) < 4.78 is 78.8. The van der Waals surface area contributed by atoms with Gasteiger partial charge in [-0.25, -0.2) is 14.8 Å². The molecule has 0 unspecified atom stereocenters. The maximum absolute atomic E-state index is 13.2. The second-order valence-corrected chi connectivity index (χ2v) is 6.56.